The number of amides is 1. The van der Waals surface area contributed by atoms with Crippen molar-refractivity contribution in [2.75, 3.05) is 32.6 Å². The average molecular weight is 472 g/mol. The number of likely N-dealkylation sites (N-methyl/N-ethyl adjacent to an activating group) is 2. The van der Waals surface area contributed by atoms with Crippen LogP contribution in [0.3, 0.4) is 0 Å². The summed E-state index contributed by atoms with van der Waals surface area (Å²) in [6, 6.07) is 19.6. The number of nitrogens with one attached hydrogen (secondary N) is 1. The minimum atomic E-state index is -1.16. The zero-order valence-corrected chi connectivity index (χ0v) is 19.6. The number of nitrogens with zero attached hydrogens (tertiary/aromatic N) is 4. The first-order chi connectivity index (χ1) is 16.7. The normalized spacial score (nSPS) is 11.7. The molecule has 0 bridgehead atoms. The van der Waals surface area contributed by atoms with E-state index in [1.165, 1.54) is 6.07 Å². The summed E-state index contributed by atoms with van der Waals surface area (Å²) in [7, 11) is 5.40. The Morgan fingerprint density at radius 2 is 1.66 bits per heavy atom. The number of aliphatic imine (C=N–C) groups is 1. The molecule has 178 valence electrons. The molecule has 0 radical (unpaired) electrons. The monoisotopic (exact) mass is 471 g/mol. The molecule has 0 aliphatic rings. The molecule has 35 heavy (non-hydrogen) atoms. The number of carbonyl (C=O) groups is 2. The van der Waals surface area contributed by atoms with Crippen LogP contribution in [0.4, 0.5) is 11.4 Å². The van der Waals surface area contributed by atoms with Crippen molar-refractivity contribution in [1.29, 1.82) is 0 Å². The molecule has 4 rings (SSSR count). The zero-order chi connectivity index (χ0) is 25.1. The number of aromatic nitrogens is 2. The van der Waals surface area contributed by atoms with Gasteiger partial charge in [0, 0.05) is 23.7 Å². The second kappa shape index (κ2) is 9.78. The van der Waals surface area contributed by atoms with Crippen LogP contribution in [0, 0.1) is 0 Å². The number of rotatable bonds is 7. The quantitative estimate of drug-likeness (QED) is 0.354. The fourth-order valence-corrected chi connectivity index (χ4v) is 3.68. The standard InChI is InChI=1S/C26H25N5O4/c1-30(2)15-21(32)31(3)18-11-9-17(10-12-18)27-23(16-7-5-4-6-8-16)22-19-13-14-20(26(34)35)28-24(19)29-25(22)33/h4-14,33H,15H2,1-3H3,(H,28,29)(H,34,35). The van der Waals surface area contributed by atoms with Crippen LogP contribution in [0.1, 0.15) is 21.6 Å². The number of carboxylic acid groups (broad SMARTS) is 1. The molecule has 9 heteroatoms. The highest BCUT2D eigenvalue weighted by molar-refractivity contribution is 6.21. The van der Waals surface area contributed by atoms with Gasteiger partial charge in [-0.05, 0) is 50.5 Å². The van der Waals surface area contributed by atoms with E-state index in [2.05, 4.69) is 9.97 Å². The van der Waals surface area contributed by atoms with Crippen molar-refractivity contribution in [3.8, 4) is 5.88 Å². The number of benzene rings is 2. The highest BCUT2D eigenvalue weighted by Gasteiger charge is 2.20. The van der Waals surface area contributed by atoms with Crippen molar-refractivity contribution < 1.29 is 19.8 Å². The lowest BCUT2D eigenvalue weighted by atomic mass is 10.0. The van der Waals surface area contributed by atoms with Crippen molar-refractivity contribution in [3.63, 3.8) is 0 Å². The first-order valence-corrected chi connectivity index (χ1v) is 10.9. The predicted octanol–water partition coefficient (Wildman–Crippen LogP) is 3.66. The Labute approximate surface area is 202 Å². The molecular weight excluding hydrogens is 446 g/mol. The molecule has 0 unspecified atom stereocenters. The van der Waals surface area contributed by atoms with Gasteiger partial charge in [-0.1, -0.05) is 30.3 Å². The van der Waals surface area contributed by atoms with Crippen LogP contribution in [0.5, 0.6) is 5.88 Å². The van der Waals surface area contributed by atoms with Gasteiger partial charge >= 0.3 is 5.97 Å². The fourth-order valence-electron chi connectivity index (χ4n) is 3.68. The molecule has 4 aromatic rings. The summed E-state index contributed by atoms with van der Waals surface area (Å²) in [4.78, 5) is 38.8. The lowest BCUT2D eigenvalue weighted by Gasteiger charge is -2.19. The Morgan fingerprint density at radius 1 is 0.971 bits per heavy atom. The third-order valence-electron chi connectivity index (χ3n) is 5.44. The zero-order valence-electron chi connectivity index (χ0n) is 19.6. The van der Waals surface area contributed by atoms with E-state index in [0.29, 0.717) is 28.9 Å². The van der Waals surface area contributed by atoms with Gasteiger partial charge in [-0.25, -0.2) is 14.8 Å². The SMILES string of the molecule is CN(C)CC(=O)N(C)c1ccc(N=C(c2ccccc2)c2c(O)[nH]c3nc(C(=O)O)ccc23)cc1. The molecule has 0 saturated heterocycles. The summed E-state index contributed by atoms with van der Waals surface area (Å²) in [5.41, 5.74) is 3.13. The van der Waals surface area contributed by atoms with Crippen molar-refractivity contribution in [2.45, 2.75) is 0 Å². The lowest BCUT2D eigenvalue weighted by Crippen LogP contribution is -2.34. The van der Waals surface area contributed by atoms with Gasteiger partial charge in [0.2, 0.25) is 5.91 Å². The number of hydrogen-bond acceptors (Lipinski definition) is 6. The Balaban J connectivity index is 1.78. The van der Waals surface area contributed by atoms with Gasteiger partial charge in [-0.15, -0.1) is 0 Å². The van der Waals surface area contributed by atoms with E-state index in [9.17, 15) is 19.8 Å². The maximum Gasteiger partial charge on any atom is 0.354 e. The summed E-state index contributed by atoms with van der Waals surface area (Å²) >= 11 is 0. The summed E-state index contributed by atoms with van der Waals surface area (Å²) in [6.07, 6.45) is 0. The molecule has 0 fully saturated rings. The molecule has 0 saturated carbocycles. The van der Waals surface area contributed by atoms with E-state index in [-0.39, 0.29) is 23.1 Å². The largest absolute Gasteiger partial charge is 0.494 e. The number of aromatic carboxylic acids is 1. The molecule has 0 aliphatic carbocycles. The Bertz CT molecular complexity index is 1410. The molecule has 2 aromatic carbocycles. The number of fused-ring (bicyclic) bond motifs is 1. The molecule has 0 aliphatic heterocycles. The molecule has 1 amide bonds. The number of H-pyrrole nitrogens is 1. The van der Waals surface area contributed by atoms with Crippen molar-refractivity contribution in [2.24, 2.45) is 4.99 Å². The van der Waals surface area contributed by atoms with Crippen LogP contribution in [-0.4, -0.2) is 70.4 Å². The number of carbonyl (C=O) groups excluding carboxylic acids is 1. The van der Waals surface area contributed by atoms with E-state index >= 15 is 0 Å². The molecule has 0 spiro atoms. The van der Waals surface area contributed by atoms with Gasteiger partial charge in [-0.2, -0.15) is 0 Å². The van der Waals surface area contributed by atoms with E-state index in [0.717, 1.165) is 11.3 Å². The number of pyridine rings is 1. The van der Waals surface area contributed by atoms with Gasteiger partial charge in [0.1, 0.15) is 5.65 Å². The fraction of sp³-hybridized carbons (Fsp3) is 0.154. The summed E-state index contributed by atoms with van der Waals surface area (Å²) in [5.74, 6) is -1.36. The topological polar surface area (TPSA) is 122 Å². The maximum atomic E-state index is 12.4. The van der Waals surface area contributed by atoms with Gasteiger partial charge < -0.3 is 25.0 Å². The summed E-state index contributed by atoms with van der Waals surface area (Å²) < 4.78 is 0. The van der Waals surface area contributed by atoms with E-state index < -0.39 is 5.97 Å². The Morgan fingerprint density at radius 3 is 2.29 bits per heavy atom. The van der Waals surface area contributed by atoms with Gasteiger partial charge in [0.25, 0.3) is 0 Å². The van der Waals surface area contributed by atoms with Crippen molar-refractivity contribution in [1.82, 2.24) is 14.9 Å². The Hall–Kier alpha value is -4.50. The van der Waals surface area contributed by atoms with E-state index in [4.69, 9.17) is 4.99 Å². The van der Waals surface area contributed by atoms with Gasteiger partial charge in [0.15, 0.2) is 11.6 Å². The number of hydrogen-bond donors (Lipinski definition) is 3. The van der Waals surface area contributed by atoms with Crippen LogP contribution in [0.25, 0.3) is 11.0 Å². The molecule has 2 aromatic heterocycles. The van der Waals surface area contributed by atoms with Crippen LogP contribution in [0.2, 0.25) is 0 Å². The number of anilines is 1. The molecule has 2 heterocycles. The van der Waals surface area contributed by atoms with Crippen LogP contribution in [-0.2, 0) is 4.79 Å². The van der Waals surface area contributed by atoms with Gasteiger partial charge in [-0.3, -0.25) is 4.79 Å². The molecule has 0 atom stereocenters. The molecular formula is C26H25N5O4. The first kappa shape index (κ1) is 23.7. The van der Waals surface area contributed by atoms with Crippen LogP contribution in [0.15, 0.2) is 71.7 Å². The van der Waals surface area contributed by atoms with Crippen molar-refractivity contribution in [3.05, 3.63) is 83.6 Å². The third kappa shape index (κ3) is 5.04. The Kier molecular flexibility index (Phi) is 6.61. The second-order valence-electron chi connectivity index (χ2n) is 8.28. The lowest BCUT2D eigenvalue weighted by molar-refractivity contribution is -0.118. The average Bonchev–Trinajstić information content (AvgIpc) is 3.17. The molecule has 3 N–H and O–H groups in total. The second-order valence-corrected chi connectivity index (χ2v) is 8.28. The summed E-state index contributed by atoms with van der Waals surface area (Å²) in [5, 5.41) is 20.5. The summed E-state index contributed by atoms with van der Waals surface area (Å²) in [6.45, 7) is 0.298. The number of carboxylic acids is 1. The predicted molar refractivity (Wildman–Crippen MR) is 135 cm³/mol. The van der Waals surface area contributed by atoms with E-state index in [1.807, 2.05) is 61.5 Å². The van der Waals surface area contributed by atoms with Crippen LogP contribution >= 0.6 is 0 Å². The van der Waals surface area contributed by atoms with E-state index in [1.54, 1.807) is 30.1 Å². The first-order valence-electron chi connectivity index (χ1n) is 10.9. The minimum absolute atomic E-state index is 0.0341. The van der Waals surface area contributed by atoms with Crippen LogP contribution < -0.4 is 4.90 Å². The van der Waals surface area contributed by atoms with Gasteiger partial charge in [0.05, 0.1) is 23.5 Å². The number of aromatic amines is 1. The van der Waals surface area contributed by atoms with Crippen molar-refractivity contribution >= 4 is 40.0 Å². The minimum Gasteiger partial charge on any atom is -0.494 e. The highest BCUT2D eigenvalue weighted by atomic mass is 16.4. The maximum absolute atomic E-state index is 12.4. The number of aromatic hydroxyl groups is 1. The third-order valence-corrected chi connectivity index (χ3v) is 5.44. The smallest absolute Gasteiger partial charge is 0.354 e. The highest BCUT2D eigenvalue weighted by Crippen LogP contribution is 2.31. The molecule has 9 nitrogen and oxygen atoms in total.